The third-order valence-electron chi connectivity index (χ3n) is 2.11. The van der Waals surface area contributed by atoms with Crippen molar-refractivity contribution in [1.82, 2.24) is 5.32 Å². The highest BCUT2D eigenvalue weighted by Gasteiger charge is 2.16. The molecule has 0 heterocycles. The van der Waals surface area contributed by atoms with E-state index in [1.165, 1.54) is 25.3 Å². The summed E-state index contributed by atoms with van der Waals surface area (Å²) in [5.41, 5.74) is 0.256. The monoisotopic (exact) mass is 239 g/mol. The summed E-state index contributed by atoms with van der Waals surface area (Å²) < 4.78 is 18.2. The van der Waals surface area contributed by atoms with Gasteiger partial charge in [-0.1, -0.05) is 0 Å². The van der Waals surface area contributed by atoms with E-state index in [9.17, 15) is 9.18 Å². The highest BCUT2D eigenvalue weighted by Crippen LogP contribution is 2.20. The molecule has 0 atom stereocenters. The van der Waals surface area contributed by atoms with Crippen molar-refractivity contribution in [2.75, 3.05) is 7.11 Å². The molecule has 0 aliphatic rings. The number of amides is 1. The Labute approximate surface area is 101 Å². The van der Waals surface area contributed by atoms with Gasteiger partial charge in [0, 0.05) is 11.1 Å². The summed E-state index contributed by atoms with van der Waals surface area (Å²) in [6.45, 7) is 5.69. The number of hydrogen-bond donors (Lipinski definition) is 1. The molecule has 0 unspecified atom stereocenters. The fraction of sp³-hybridized carbons (Fsp3) is 0.462. The molecule has 1 N–H and O–H groups in total. The van der Waals surface area contributed by atoms with Crippen molar-refractivity contribution in [3.05, 3.63) is 29.6 Å². The van der Waals surface area contributed by atoms with Crippen molar-refractivity contribution in [1.29, 1.82) is 0 Å². The lowest BCUT2D eigenvalue weighted by molar-refractivity contribution is -0.121. The van der Waals surface area contributed by atoms with Gasteiger partial charge < -0.3 is 10.1 Å². The van der Waals surface area contributed by atoms with Crippen LogP contribution in [0.2, 0.25) is 0 Å². The molecular formula is C13H18FNO2. The van der Waals surface area contributed by atoms with Crippen molar-refractivity contribution >= 4 is 5.91 Å². The van der Waals surface area contributed by atoms with Gasteiger partial charge in [-0.05, 0) is 39.0 Å². The minimum atomic E-state index is -0.371. The van der Waals surface area contributed by atoms with Crippen LogP contribution in [0.15, 0.2) is 18.2 Å². The Morgan fingerprint density at radius 2 is 2.06 bits per heavy atom. The van der Waals surface area contributed by atoms with E-state index in [2.05, 4.69) is 5.32 Å². The summed E-state index contributed by atoms with van der Waals surface area (Å²) in [5.74, 6) is 0.00113. The van der Waals surface area contributed by atoms with Gasteiger partial charge in [-0.3, -0.25) is 4.79 Å². The first kappa shape index (κ1) is 13.5. The molecule has 0 aromatic heterocycles. The minimum Gasteiger partial charge on any atom is -0.496 e. The summed E-state index contributed by atoms with van der Waals surface area (Å²) in [4.78, 5) is 11.7. The van der Waals surface area contributed by atoms with E-state index in [1.54, 1.807) is 0 Å². The highest BCUT2D eigenvalue weighted by molar-refractivity contribution is 5.79. The number of ether oxygens (including phenoxy) is 1. The average Bonchev–Trinajstić information content (AvgIpc) is 2.14. The molecule has 0 aliphatic heterocycles. The number of methoxy groups -OCH3 is 1. The number of carbonyl (C=O) groups is 1. The molecule has 1 aromatic carbocycles. The van der Waals surface area contributed by atoms with Crippen molar-refractivity contribution in [3.63, 3.8) is 0 Å². The van der Waals surface area contributed by atoms with Crippen LogP contribution >= 0.6 is 0 Å². The molecule has 0 saturated carbocycles. The van der Waals surface area contributed by atoms with Gasteiger partial charge in [-0.15, -0.1) is 0 Å². The Bertz CT molecular complexity index is 410. The third kappa shape index (κ3) is 4.43. The topological polar surface area (TPSA) is 38.3 Å². The molecule has 0 aliphatic carbocycles. The zero-order valence-electron chi connectivity index (χ0n) is 10.6. The lowest BCUT2D eigenvalue weighted by atomic mass is 10.1. The fourth-order valence-corrected chi connectivity index (χ4v) is 1.52. The molecule has 0 radical (unpaired) electrons. The van der Waals surface area contributed by atoms with E-state index >= 15 is 0 Å². The number of rotatable bonds is 3. The minimum absolute atomic E-state index is 0.109. The summed E-state index contributed by atoms with van der Waals surface area (Å²) in [6.07, 6.45) is 0.109. The van der Waals surface area contributed by atoms with Crippen LogP contribution < -0.4 is 10.1 Å². The Morgan fingerprint density at radius 3 is 2.59 bits per heavy atom. The summed E-state index contributed by atoms with van der Waals surface area (Å²) in [6, 6.07) is 4.15. The van der Waals surface area contributed by atoms with Gasteiger partial charge in [0.2, 0.25) is 5.91 Å². The summed E-state index contributed by atoms with van der Waals surface area (Å²) in [5, 5.41) is 2.82. The Morgan fingerprint density at radius 1 is 1.41 bits per heavy atom. The maximum absolute atomic E-state index is 13.1. The molecule has 0 bridgehead atoms. The van der Waals surface area contributed by atoms with Crippen LogP contribution in [0.4, 0.5) is 4.39 Å². The first-order chi connectivity index (χ1) is 7.81. The molecule has 17 heavy (non-hydrogen) atoms. The molecule has 1 aromatic rings. The summed E-state index contributed by atoms with van der Waals surface area (Å²) >= 11 is 0. The van der Waals surface area contributed by atoms with Crippen molar-refractivity contribution < 1.29 is 13.9 Å². The second-order valence-corrected chi connectivity index (χ2v) is 4.93. The predicted molar refractivity (Wildman–Crippen MR) is 64.6 cm³/mol. The number of nitrogens with one attached hydrogen (secondary N) is 1. The van der Waals surface area contributed by atoms with E-state index in [-0.39, 0.29) is 23.7 Å². The molecular weight excluding hydrogens is 221 g/mol. The first-order valence-corrected chi connectivity index (χ1v) is 5.45. The molecule has 0 fully saturated rings. The largest absolute Gasteiger partial charge is 0.496 e. The van der Waals surface area contributed by atoms with Crippen molar-refractivity contribution in [2.24, 2.45) is 0 Å². The standard InChI is InChI=1S/C13H18FNO2/c1-13(2,3)15-12(16)8-9-7-10(14)5-6-11(9)17-4/h5-7H,8H2,1-4H3,(H,15,16). The highest BCUT2D eigenvalue weighted by atomic mass is 19.1. The Balaban J connectivity index is 2.80. The van der Waals surface area contributed by atoms with E-state index in [0.29, 0.717) is 11.3 Å². The Hall–Kier alpha value is -1.58. The molecule has 4 heteroatoms. The maximum Gasteiger partial charge on any atom is 0.224 e. The quantitative estimate of drug-likeness (QED) is 0.878. The lowest BCUT2D eigenvalue weighted by Gasteiger charge is -2.20. The fourth-order valence-electron chi connectivity index (χ4n) is 1.52. The zero-order valence-corrected chi connectivity index (χ0v) is 10.6. The van der Waals surface area contributed by atoms with Gasteiger partial charge >= 0.3 is 0 Å². The molecule has 3 nitrogen and oxygen atoms in total. The zero-order chi connectivity index (χ0) is 13.1. The van der Waals surface area contributed by atoms with E-state index in [0.717, 1.165) is 0 Å². The van der Waals surface area contributed by atoms with E-state index in [1.807, 2.05) is 20.8 Å². The lowest BCUT2D eigenvalue weighted by Crippen LogP contribution is -2.41. The average molecular weight is 239 g/mol. The third-order valence-corrected chi connectivity index (χ3v) is 2.11. The van der Waals surface area contributed by atoms with Crippen LogP contribution in [0.5, 0.6) is 5.75 Å². The van der Waals surface area contributed by atoms with Crippen LogP contribution in [-0.4, -0.2) is 18.6 Å². The molecule has 0 saturated heterocycles. The number of hydrogen-bond acceptors (Lipinski definition) is 2. The van der Waals surface area contributed by atoms with Crippen LogP contribution in [-0.2, 0) is 11.2 Å². The molecule has 1 amide bonds. The maximum atomic E-state index is 13.1. The van der Waals surface area contributed by atoms with Gasteiger partial charge in [0.1, 0.15) is 11.6 Å². The van der Waals surface area contributed by atoms with Crippen molar-refractivity contribution in [2.45, 2.75) is 32.7 Å². The number of carbonyl (C=O) groups excluding carboxylic acids is 1. The van der Waals surface area contributed by atoms with E-state index < -0.39 is 0 Å². The van der Waals surface area contributed by atoms with Gasteiger partial charge in [0.25, 0.3) is 0 Å². The van der Waals surface area contributed by atoms with Crippen molar-refractivity contribution in [3.8, 4) is 5.75 Å². The van der Waals surface area contributed by atoms with E-state index in [4.69, 9.17) is 4.74 Å². The number of benzene rings is 1. The van der Waals surface area contributed by atoms with Crippen LogP contribution in [0.25, 0.3) is 0 Å². The Kier molecular flexibility index (Phi) is 4.10. The smallest absolute Gasteiger partial charge is 0.224 e. The second kappa shape index (κ2) is 5.17. The van der Waals surface area contributed by atoms with Crippen LogP contribution in [0.1, 0.15) is 26.3 Å². The van der Waals surface area contributed by atoms with Crippen LogP contribution in [0.3, 0.4) is 0 Å². The number of halogens is 1. The second-order valence-electron chi connectivity index (χ2n) is 4.93. The normalized spacial score (nSPS) is 11.1. The first-order valence-electron chi connectivity index (χ1n) is 5.45. The van der Waals surface area contributed by atoms with Gasteiger partial charge in [0.15, 0.2) is 0 Å². The summed E-state index contributed by atoms with van der Waals surface area (Å²) in [7, 11) is 1.50. The molecule has 94 valence electrons. The molecule has 0 spiro atoms. The predicted octanol–water partition coefficient (Wildman–Crippen LogP) is 2.29. The van der Waals surface area contributed by atoms with Gasteiger partial charge in [-0.25, -0.2) is 4.39 Å². The molecule has 1 rings (SSSR count). The SMILES string of the molecule is COc1ccc(F)cc1CC(=O)NC(C)(C)C. The van der Waals surface area contributed by atoms with Gasteiger partial charge in [-0.2, -0.15) is 0 Å². The van der Waals surface area contributed by atoms with Crippen LogP contribution in [0, 0.1) is 5.82 Å². The van der Waals surface area contributed by atoms with Gasteiger partial charge in [0.05, 0.1) is 13.5 Å².